The van der Waals surface area contributed by atoms with Gasteiger partial charge in [-0.25, -0.2) is 0 Å². The monoisotopic (exact) mass is 266 g/mol. The van der Waals surface area contributed by atoms with Gasteiger partial charge in [-0.15, -0.1) is 0 Å². The zero-order valence-electron chi connectivity index (χ0n) is 11.0. The van der Waals surface area contributed by atoms with Gasteiger partial charge in [0.15, 0.2) is 0 Å². The molecule has 0 atom stereocenters. The van der Waals surface area contributed by atoms with E-state index >= 15 is 0 Å². The van der Waals surface area contributed by atoms with E-state index in [-0.39, 0.29) is 12.4 Å². The van der Waals surface area contributed by atoms with Crippen LogP contribution in [-0.2, 0) is 14.3 Å². The van der Waals surface area contributed by atoms with Gasteiger partial charge in [-0.2, -0.15) is 0 Å². The summed E-state index contributed by atoms with van der Waals surface area (Å²) in [5.74, 6) is 0.424. The molecule has 1 aromatic carbocycles. The van der Waals surface area contributed by atoms with Crippen LogP contribution < -0.4 is 4.74 Å². The van der Waals surface area contributed by atoms with Gasteiger partial charge in [0.2, 0.25) is 0 Å². The normalized spacial score (nSPS) is 9.95. The van der Waals surface area contributed by atoms with Crippen LogP contribution in [0.5, 0.6) is 5.75 Å². The van der Waals surface area contributed by atoms with Crippen LogP contribution in [0.3, 0.4) is 0 Å². The van der Waals surface area contributed by atoms with Crippen molar-refractivity contribution in [3.8, 4) is 5.75 Å². The Balaban J connectivity index is 2.07. The average molecular weight is 266 g/mol. The largest absolute Gasteiger partial charge is 0.491 e. The van der Waals surface area contributed by atoms with Crippen molar-refractivity contribution < 1.29 is 23.8 Å². The van der Waals surface area contributed by atoms with E-state index in [1.54, 1.807) is 31.2 Å². The molecule has 1 aromatic rings. The molecule has 0 aliphatic heterocycles. The van der Waals surface area contributed by atoms with Crippen molar-refractivity contribution in [1.29, 1.82) is 0 Å². The van der Waals surface area contributed by atoms with Crippen LogP contribution in [0.25, 0.3) is 0 Å². The Morgan fingerprint density at radius 1 is 1.16 bits per heavy atom. The predicted octanol–water partition coefficient (Wildman–Crippen LogP) is 1.85. The first-order valence-corrected chi connectivity index (χ1v) is 6.17. The summed E-state index contributed by atoms with van der Waals surface area (Å²) < 4.78 is 15.4. The van der Waals surface area contributed by atoms with Crippen LogP contribution in [0.15, 0.2) is 24.3 Å². The molecule has 5 nitrogen and oxygen atoms in total. The molecule has 0 N–H and O–H groups in total. The third-order valence-corrected chi connectivity index (χ3v) is 2.27. The SMILES string of the molecule is CCOC(=O)CCOCCOc1ccc(C=O)cc1. The molecule has 19 heavy (non-hydrogen) atoms. The smallest absolute Gasteiger partial charge is 0.308 e. The molecule has 0 saturated carbocycles. The van der Waals surface area contributed by atoms with Crippen LogP contribution in [0, 0.1) is 0 Å². The Hall–Kier alpha value is -1.88. The summed E-state index contributed by atoms with van der Waals surface area (Å²) in [5.41, 5.74) is 0.609. The number of hydrogen-bond acceptors (Lipinski definition) is 5. The quantitative estimate of drug-likeness (QED) is 0.388. The number of ether oxygens (including phenoxy) is 3. The highest BCUT2D eigenvalue weighted by Crippen LogP contribution is 2.10. The fourth-order valence-corrected chi connectivity index (χ4v) is 1.35. The number of hydrogen-bond donors (Lipinski definition) is 0. The lowest BCUT2D eigenvalue weighted by Gasteiger charge is -2.07. The van der Waals surface area contributed by atoms with E-state index in [1.807, 2.05) is 0 Å². The second kappa shape index (κ2) is 9.10. The van der Waals surface area contributed by atoms with Crippen LogP contribution >= 0.6 is 0 Å². The van der Waals surface area contributed by atoms with E-state index in [1.165, 1.54) is 0 Å². The van der Waals surface area contributed by atoms with Crippen molar-refractivity contribution in [3.05, 3.63) is 29.8 Å². The average Bonchev–Trinajstić information content (AvgIpc) is 2.43. The lowest BCUT2D eigenvalue weighted by atomic mass is 10.2. The Morgan fingerprint density at radius 2 is 1.89 bits per heavy atom. The number of carbonyl (C=O) groups excluding carboxylic acids is 2. The molecule has 0 radical (unpaired) electrons. The molecule has 0 aliphatic carbocycles. The van der Waals surface area contributed by atoms with Crippen LogP contribution in [0.1, 0.15) is 23.7 Å². The van der Waals surface area contributed by atoms with Crippen LogP contribution in [0.2, 0.25) is 0 Å². The van der Waals surface area contributed by atoms with Gasteiger partial charge in [0, 0.05) is 5.56 Å². The minimum atomic E-state index is -0.257. The van der Waals surface area contributed by atoms with Crippen molar-refractivity contribution in [2.45, 2.75) is 13.3 Å². The summed E-state index contributed by atoms with van der Waals surface area (Å²) in [4.78, 5) is 21.4. The molecular weight excluding hydrogens is 248 g/mol. The molecule has 5 heteroatoms. The predicted molar refractivity (Wildman–Crippen MR) is 69.4 cm³/mol. The Morgan fingerprint density at radius 3 is 2.53 bits per heavy atom. The number of esters is 1. The molecule has 0 bridgehead atoms. The minimum absolute atomic E-state index is 0.252. The molecule has 0 unspecified atom stereocenters. The highest BCUT2D eigenvalue weighted by molar-refractivity contribution is 5.74. The third-order valence-electron chi connectivity index (χ3n) is 2.27. The highest BCUT2D eigenvalue weighted by atomic mass is 16.5. The standard InChI is InChI=1S/C14H18O5/c1-2-18-14(16)7-8-17-9-10-19-13-5-3-12(11-15)4-6-13/h3-6,11H,2,7-10H2,1H3. The molecule has 0 spiro atoms. The van der Waals surface area contributed by atoms with Crippen molar-refractivity contribution in [3.63, 3.8) is 0 Å². The van der Waals surface area contributed by atoms with E-state index in [4.69, 9.17) is 14.2 Å². The van der Waals surface area contributed by atoms with Crippen molar-refractivity contribution in [2.75, 3.05) is 26.4 Å². The molecule has 1 rings (SSSR count). The Bertz CT molecular complexity index is 385. The second-order valence-electron chi connectivity index (χ2n) is 3.70. The van der Waals surface area contributed by atoms with E-state index in [9.17, 15) is 9.59 Å². The highest BCUT2D eigenvalue weighted by Gasteiger charge is 2.01. The summed E-state index contributed by atoms with van der Waals surface area (Å²) in [7, 11) is 0. The molecule has 104 valence electrons. The van der Waals surface area contributed by atoms with E-state index in [0.29, 0.717) is 37.7 Å². The number of aldehydes is 1. The first-order chi connectivity index (χ1) is 9.26. The zero-order valence-corrected chi connectivity index (χ0v) is 11.0. The summed E-state index contributed by atoms with van der Waals surface area (Å²) in [6.45, 7) is 3.27. The fourth-order valence-electron chi connectivity index (χ4n) is 1.35. The molecule has 0 saturated heterocycles. The van der Waals surface area contributed by atoms with Crippen molar-refractivity contribution in [1.82, 2.24) is 0 Å². The number of benzene rings is 1. The Kier molecular flexibility index (Phi) is 7.27. The van der Waals surface area contributed by atoms with Crippen LogP contribution in [-0.4, -0.2) is 38.7 Å². The molecular formula is C14H18O5. The first kappa shape index (κ1) is 15.2. The zero-order chi connectivity index (χ0) is 13.9. The summed E-state index contributed by atoms with van der Waals surface area (Å²) in [6, 6.07) is 6.82. The lowest BCUT2D eigenvalue weighted by molar-refractivity contribution is -0.144. The molecule has 0 aromatic heterocycles. The fraction of sp³-hybridized carbons (Fsp3) is 0.429. The van der Waals surface area contributed by atoms with Gasteiger partial charge in [0.1, 0.15) is 18.6 Å². The van der Waals surface area contributed by atoms with Gasteiger partial charge in [-0.3, -0.25) is 9.59 Å². The van der Waals surface area contributed by atoms with Gasteiger partial charge in [0.05, 0.1) is 26.2 Å². The van der Waals surface area contributed by atoms with Gasteiger partial charge < -0.3 is 14.2 Å². The summed E-state index contributed by atoms with van der Waals surface area (Å²) in [5, 5.41) is 0. The Labute approximate surface area is 112 Å². The van der Waals surface area contributed by atoms with Gasteiger partial charge in [-0.05, 0) is 31.2 Å². The maximum atomic E-state index is 11.0. The van der Waals surface area contributed by atoms with Crippen molar-refractivity contribution >= 4 is 12.3 Å². The van der Waals surface area contributed by atoms with Crippen LogP contribution in [0.4, 0.5) is 0 Å². The van der Waals surface area contributed by atoms with Crippen molar-refractivity contribution in [2.24, 2.45) is 0 Å². The first-order valence-electron chi connectivity index (χ1n) is 6.17. The summed E-state index contributed by atoms with van der Waals surface area (Å²) in [6.07, 6.45) is 1.03. The van der Waals surface area contributed by atoms with E-state index in [2.05, 4.69) is 0 Å². The molecule has 0 heterocycles. The van der Waals surface area contributed by atoms with Gasteiger partial charge in [0.25, 0.3) is 0 Å². The second-order valence-corrected chi connectivity index (χ2v) is 3.70. The maximum absolute atomic E-state index is 11.0. The van der Waals surface area contributed by atoms with Gasteiger partial charge in [-0.1, -0.05) is 0 Å². The van der Waals surface area contributed by atoms with E-state index < -0.39 is 0 Å². The molecule has 0 aliphatic rings. The van der Waals surface area contributed by atoms with Gasteiger partial charge >= 0.3 is 5.97 Å². The third kappa shape index (κ3) is 6.57. The minimum Gasteiger partial charge on any atom is -0.491 e. The number of carbonyl (C=O) groups is 2. The molecule has 0 amide bonds. The summed E-state index contributed by atoms with van der Waals surface area (Å²) >= 11 is 0. The topological polar surface area (TPSA) is 61.8 Å². The molecule has 0 fully saturated rings. The maximum Gasteiger partial charge on any atom is 0.308 e. The lowest BCUT2D eigenvalue weighted by Crippen LogP contribution is -2.11. The van der Waals surface area contributed by atoms with E-state index in [0.717, 1.165) is 6.29 Å². The number of rotatable bonds is 9.